The number of benzene rings is 1. The van der Waals surface area contributed by atoms with Crippen molar-refractivity contribution in [1.82, 2.24) is 0 Å². The Balaban J connectivity index is 3.81. The monoisotopic (exact) mass is 368 g/mol. The minimum Gasteiger partial charge on any atom is -0.501 e. The number of hydrogen-bond acceptors (Lipinski definition) is 7. The van der Waals surface area contributed by atoms with E-state index in [1.165, 1.54) is 14.2 Å². The Bertz CT molecular complexity index is 706. The number of ether oxygens (including phenoxy) is 2. The highest BCUT2D eigenvalue weighted by Crippen LogP contribution is 2.44. The maximum atomic E-state index is 11.7. The van der Waals surface area contributed by atoms with Crippen LogP contribution in [0.2, 0.25) is 5.02 Å². The molecule has 0 amide bonds. The van der Waals surface area contributed by atoms with Gasteiger partial charge < -0.3 is 14.6 Å². The zero-order valence-electron chi connectivity index (χ0n) is 12.5. The average molecular weight is 369 g/mol. The van der Waals surface area contributed by atoms with Gasteiger partial charge in [-0.05, 0) is 12.0 Å². The van der Waals surface area contributed by atoms with Crippen LogP contribution in [-0.4, -0.2) is 45.9 Å². The van der Waals surface area contributed by atoms with Gasteiger partial charge in [-0.1, -0.05) is 11.6 Å². The number of phenols is 1. The molecule has 0 atom stereocenters. The van der Waals surface area contributed by atoms with Crippen LogP contribution >= 0.6 is 11.6 Å². The van der Waals surface area contributed by atoms with Crippen molar-refractivity contribution in [2.24, 2.45) is 5.14 Å². The molecule has 0 aliphatic rings. The lowest BCUT2D eigenvalue weighted by molar-refractivity contribution is -0.386. The van der Waals surface area contributed by atoms with E-state index in [2.05, 4.69) is 0 Å². The van der Waals surface area contributed by atoms with Crippen LogP contribution in [0.25, 0.3) is 0 Å². The number of nitro groups is 1. The molecule has 1 aromatic carbocycles. The first kappa shape index (κ1) is 19.6. The maximum absolute atomic E-state index is 11.7. The summed E-state index contributed by atoms with van der Waals surface area (Å²) in [4.78, 5) is 9.58. The second-order valence-corrected chi connectivity index (χ2v) is 6.46. The van der Waals surface area contributed by atoms with Gasteiger partial charge in [-0.3, -0.25) is 10.1 Å². The Morgan fingerprint density at radius 2 is 1.70 bits per heavy atom. The lowest BCUT2D eigenvalue weighted by atomic mass is 9.99. The molecule has 0 unspecified atom stereocenters. The minimum atomic E-state index is -4.46. The number of nitrogens with zero attached hydrogens (tertiary/aromatic N) is 1. The molecule has 0 bridgehead atoms. The van der Waals surface area contributed by atoms with Gasteiger partial charge in [0.15, 0.2) is 0 Å². The molecule has 0 aliphatic heterocycles. The number of primary sulfonamides is 1. The van der Waals surface area contributed by atoms with Crippen molar-refractivity contribution in [3.8, 4) is 5.75 Å². The average Bonchev–Trinajstić information content (AvgIpc) is 2.42. The molecule has 1 aromatic rings. The molecule has 0 aromatic heterocycles. The molecule has 0 saturated heterocycles. The maximum Gasteiger partial charge on any atom is 0.315 e. The van der Waals surface area contributed by atoms with Crippen LogP contribution in [0.15, 0.2) is 4.90 Å². The van der Waals surface area contributed by atoms with E-state index < -0.39 is 31.3 Å². The number of methoxy groups -OCH3 is 2. The number of hydrogen-bond donors (Lipinski definition) is 2. The van der Waals surface area contributed by atoms with E-state index in [0.29, 0.717) is 0 Å². The lowest BCUT2D eigenvalue weighted by Gasteiger charge is -2.16. The first-order valence-electron chi connectivity index (χ1n) is 6.38. The van der Waals surface area contributed by atoms with Gasteiger partial charge >= 0.3 is 5.69 Å². The first-order chi connectivity index (χ1) is 10.7. The third kappa shape index (κ3) is 4.30. The van der Waals surface area contributed by atoms with Crippen LogP contribution in [0.1, 0.15) is 11.1 Å². The summed E-state index contributed by atoms with van der Waals surface area (Å²) < 4.78 is 33.1. The Hall–Kier alpha value is -1.46. The van der Waals surface area contributed by atoms with E-state index in [-0.39, 0.29) is 42.2 Å². The third-order valence-electron chi connectivity index (χ3n) is 3.13. The van der Waals surface area contributed by atoms with Crippen molar-refractivity contribution in [1.29, 1.82) is 0 Å². The highest BCUT2D eigenvalue weighted by Gasteiger charge is 2.34. The van der Waals surface area contributed by atoms with Crippen LogP contribution in [0.5, 0.6) is 5.75 Å². The van der Waals surface area contributed by atoms with Crippen LogP contribution in [-0.2, 0) is 32.3 Å². The van der Waals surface area contributed by atoms with Gasteiger partial charge in [-0.2, -0.15) is 0 Å². The molecule has 0 radical (unpaired) electrons. The second-order valence-electron chi connectivity index (χ2n) is 4.59. The number of halogens is 1. The van der Waals surface area contributed by atoms with Crippen molar-refractivity contribution in [3.63, 3.8) is 0 Å². The predicted octanol–water partition coefficient (Wildman–Crippen LogP) is 0.979. The Morgan fingerprint density at radius 1 is 1.22 bits per heavy atom. The van der Waals surface area contributed by atoms with Crippen molar-refractivity contribution < 1.29 is 27.9 Å². The molecule has 1 rings (SSSR count). The summed E-state index contributed by atoms with van der Waals surface area (Å²) in [5.74, 6) is -1.07. The van der Waals surface area contributed by atoms with Gasteiger partial charge in [0.1, 0.15) is 4.90 Å². The van der Waals surface area contributed by atoms with Gasteiger partial charge in [0.2, 0.25) is 15.8 Å². The van der Waals surface area contributed by atoms with Crippen molar-refractivity contribution in [3.05, 3.63) is 26.3 Å². The molecule has 0 heterocycles. The summed E-state index contributed by atoms with van der Waals surface area (Å²) >= 11 is 6.06. The SMILES string of the molecule is COCCc1c(Cl)c(S(N)(=O)=O)c(O)c([N+](=O)[O-])c1CCOC. The summed E-state index contributed by atoms with van der Waals surface area (Å²) in [6.45, 7) is 0.261. The normalized spacial score (nSPS) is 11.7. The quantitative estimate of drug-likeness (QED) is 0.514. The number of phenolic OH excluding ortho intramolecular Hbond substituents is 1. The topological polar surface area (TPSA) is 142 Å². The molecule has 0 aliphatic carbocycles. The van der Waals surface area contributed by atoms with Gasteiger partial charge in [0.05, 0.1) is 23.2 Å². The molecule has 9 nitrogen and oxygen atoms in total. The van der Waals surface area contributed by atoms with Gasteiger partial charge in [0.25, 0.3) is 0 Å². The van der Waals surface area contributed by atoms with Gasteiger partial charge in [-0.15, -0.1) is 0 Å². The fourth-order valence-electron chi connectivity index (χ4n) is 2.16. The predicted molar refractivity (Wildman–Crippen MR) is 82.3 cm³/mol. The lowest BCUT2D eigenvalue weighted by Crippen LogP contribution is -2.17. The highest BCUT2D eigenvalue weighted by atomic mass is 35.5. The summed E-state index contributed by atoms with van der Waals surface area (Å²) in [6, 6.07) is 0. The van der Waals surface area contributed by atoms with Crippen LogP contribution in [0, 0.1) is 10.1 Å². The Labute approximate surface area is 138 Å². The Kier molecular flexibility index (Phi) is 6.71. The van der Waals surface area contributed by atoms with Gasteiger partial charge in [0, 0.05) is 26.2 Å². The van der Waals surface area contributed by atoms with E-state index in [1.54, 1.807) is 0 Å². The zero-order chi connectivity index (χ0) is 17.8. The van der Waals surface area contributed by atoms with Crippen LogP contribution in [0.3, 0.4) is 0 Å². The number of nitro benzene ring substituents is 1. The summed E-state index contributed by atoms with van der Waals surface area (Å²) in [7, 11) is -1.65. The van der Waals surface area contributed by atoms with Crippen molar-refractivity contribution >= 4 is 27.3 Å². The third-order valence-corrected chi connectivity index (χ3v) is 4.63. The molecule has 23 heavy (non-hydrogen) atoms. The number of nitrogens with two attached hydrogens (primary N) is 1. The van der Waals surface area contributed by atoms with E-state index in [0.717, 1.165) is 0 Å². The summed E-state index contributed by atoms with van der Waals surface area (Å²) in [5.41, 5.74) is -0.482. The van der Waals surface area contributed by atoms with E-state index in [1.807, 2.05) is 0 Å². The Morgan fingerprint density at radius 3 is 2.09 bits per heavy atom. The zero-order valence-corrected chi connectivity index (χ0v) is 14.1. The summed E-state index contributed by atoms with van der Waals surface area (Å²) in [6.07, 6.45) is 0.169. The van der Waals surface area contributed by atoms with Crippen LogP contribution < -0.4 is 5.14 Å². The van der Waals surface area contributed by atoms with Crippen molar-refractivity contribution in [2.45, 2.75) is 17.7 Å². The molecular weight excluding hydrogens is 352 g/mol. The number of sulfonamides is 1. The number of aromatic hydroxyl groups is 1. The molecule has 0 fully saturated rings. The molecule has 130 valence electrons. The summed E-state index contributed by atoms with van der Waals surface area (Å²) in [5, 5.41) is 26.0. The standard InChI is InChI=1S/C12H17ClN2O7S/c1-21-5-3-7-8(4-6-22-2)10(15(17)18)11(16)12(9(7)13)23(14,19)20/h16H,3-6H2,1-2H3,(H2,14,19,20). The first-order valence-corrected chi connectivity index (χ1v) is 8.30. The van der Waals surface area contributed by atoms with E-state index >= 15 is 0 Å². The fraction of sp³-hybridized carbons (Fsp3) is 0.500. The smallest absolute Gasteiger partial charge is 0.315 e. The fourth-order valence-corrected chi connectivity index (χ4v) is 3.52. The molecular formula is C12H17ClN2O7S. The number of rotatable bonds is 8. The largest absolute Gasteiger partial charge is 0.501 e. The van der Waals surface area contributed by atoms with Gasteiger partial charge in [-0.25, -0.2) is 13.6 Å². The molecule has 0 spiro atoms. The second kappa shape index (κ2) is 7.88. The molecule has 11 heteroatoms. The van der Waals surface area contributed by atoms with Crippen molar-refractivity contribution in [2.75, 3.05) is 27.4 Å². The molecule has 3 N–H and O–H groups in total. The van der Waals surface area contributed by atoms with E-state index in [9.17, 15) is 23.6 Å². The minimum absolute atomic E-state index is 0.0596. The van der Waals surface area contributed by atoms with E-state index in [4.69, 9.17) is 26.2 Å². The van der Waals surface area contributed by atoms with Crippen LogP contribution in [0.4, 0.5) is 5.69 Å². The molecule has 0 saturated carbocycles. The highest BCUT2D eigenvalue weighted by molar-refractivity contribution is 7.89.